The van der Waals surface area contributed by atoms with Crippen molar-refractivity contribution in [2.45, 2.75) is 58.7 Å². The van der Waals surface area contributed by atoms with E-state index in [2.05, 4.69) is 23.7 Å². The third-order valence-corrected chi connectivity index (χ3v) is 6.44. The number of hydrogen-bond acceptors (Lipinski definition) is 9. The molecular formula is C32H38O9. The topological polar surface area (TPSA) is 107 Å². The molecule has 0 saturated carbocycles. The second kappa shape index (κ2) is 14.0. The van der Waals surface area contributed by atoms with E-state index in [1.165, 1.54) is 21.3 Å². The van der Waals surface area contributed by atoms with Crippen LogP contribution in [0.2, 0.25) is 0 Å². The Balaban J connectivity index is 2.33. The average molecular weight is 567 g/mol. The quantitative estimate of drug-likeness (QED) is 0.179. The van der Waals surface area contributed by atoms with Crippen molar-refractivity contribution in [1.82, 2.24) is 0 Å². The summed E-state index contributed by atoms with van der Waals surface area (Å²) in [5.41, 5.74) is 0.190. The standard InChI is InChI=1S/C32H38O9/c1-20-24(26(34)29(38-8)28(37-7)25(20)33)12-11-17-41-30(35)23-18-21(13-15-31(2,3)39-9)27(36-6)22(19-23)14-16-32(4,5)40-10/h18-19H,11-12,17H2,1-10H3. The molecule has 1 aliphatic rings. The highest BCUT2D eigenvalue weighted by molar-refractivity contribution is 6.23. The molecule has 0 aromatic heterocycles. The Morgan fingerprint density at radius 1 is 0.780 bits per heavy atom. The largest absolute Gasteiger partial charge is 0.494 e. The van der Waals surface area contributed by atoms with Gasteiger partial charge in [-0.15, -0.1) is 0 Å². The van der Waals surface area contributed by atoms with Crippen LogP contribution in [0.25, 0.3) is 0 Å². The molecule has 1 aliphatic carbocycles. The molecule has 0 fully saturated rings. The van der Waals surface area contributed by atoms with E-state index in [-0.39, 0.29) is 35.7 Å². The molecule has 0 heterocycles. The zero-order valence-corrected chi connectivity index (χ0v) is 25.5. The van der Waals surface area contributed by atoms with Crippen LogP contribution in [0, 0.1) is 23.7 Å². The Labute approximate surface area is 242 Å². The molecule has 1 aromatic rings. The summed E-state index contributed by atoms with van der Waals surface area (Å²) in [6.45, 7) is 8.82. The van der Waals surface area contributed by atoms with Crippen LogP contribution >= 0.6 is 0 Å². The number of benzene rings is 1. The van der Waals surface area contributed by atoms with Gasteiger partial charge in [0.2, 0.25) is 23.1 Å². The van der Waals surface area contributed by atoms with Gasteiger partial charge in [-0.3, -0.25) is 9.59 Å². The van der Waals surface area contributed by atoms with Crippen LogP contribution in [-0.2, 0) is 33.3 Å². The molecular weight excluding hydrogens is 528 g/mol. The number of carbonyl (C=O) groups excluding carboxylic acids is 3. The zero-order valence-electron chi connectivity index (χ0n) is 25.5. The van der Waals surface area contributed by atoms with Crippen molar-refractivity contribution in [3.8, 4) is 29.4 Å². The zero-order chi connectivity index (χ0) is 31.0. The van der Waals surface area contributed by atoms with Gasteiger partial charge in [-0.1, -0.05) is 23.7 Å². The highest BCUT2D eigenvalue weighted by Gasteiger charge is 2.34. The molecule has 0 unspecified atom stereocenters. The molecule has 2 rings (SSSR count). The van der Waals surface area contributed by atoms with Gasteiger partial charge in [0.1, 0.15) is 17.0 Å². The summed E-state index contributed by atoms with van der Waals surface area (Å²) in [4.78, 5) is 38.5. The molecule has 41 heavy (non-hydrogen) atoms. The molecule has 0 amide bonds. The van der Waals surface area contributed by atoms with Gasteiger partial charge >= 0.3 is 5.97 Å². The molecule has 0 saturated heterocycles. The van der Waals surface area contributed by atoms with Crippen molar-refractivity contribution in [2.24, 2.45) is 0 Å². The number of ether oxygens (including phenoxy) is 6. The number of allylic oxidation sites excluding steroid dienone is 2. The van der Waals surface area contributed by atoms with Gasteiger partial charge < -0.3 is 28.4 Å². The number of ketones is 2. The maximum atomic E-state index is 13.1. The van der Waals surface area contributed by atoms with Crippen LogP contribution < -0.4 is 4.74 Å². The first kappa shape index (κ1) is 33.2. The van der Waals surface area contributed by atoms with Crippen molar-refractivity contribution in [1.29, 1.82) is 0 Å². The molecule has 0 radical (unpaired) electrons. The van der Waals surface area contributed by atoms with Gasteiger partial charge in [0.25, 0.3) is 0 Å². The van der Waals surface area contributed by atoms with Crippen LogP contribution in [-0.4, -0.2) is 70.9 Å². The Kier molecular flexibility index (Phi) is 11.3. The number of Topliss-reactive ketones (excluding diaryl/α,β-unsaturated/α-hetero) is 2. The molecule has 0 aliphatic heterocycles. The summed E-state index contributed by atoms with van der Waals surface area (Å²) in [6, 6.07) is 3.15. The minimum atomic E-state index is -0.738. The first-order valence-electron chi connectivity index (χ1n) is 12.9. The number of methoxy groups -OCH3 is 5. The minimum absolute atomic E-state index is 0.00170. The number of hydrogen-bond donors (Lipinski definition) is 0. The van der Waals surface area contributed by atoms with Gasteiger partial charge in [-0.05, 0) is 59.6 Å². The van der Waals surface area contributed by atoms with Crippen molar-refractivity contribution in [3.05, 3.63) is 51.5 Å². The highest BCUT2D eigenvalue weighted by Crippen LogP contribution is 2.29. The van der Waals surface area contributed by atoms with Crippen molar-refractivity contribution in [2.75, 3.05) is 42.2 Å². The van der Waals surface area contributed by atoms with Gasteiger partial charge in [-0.25, -0.2) is 4.79 Å². The summed E-state index contributed by atoms with van der Waals surface area (Å²) < 4.78 is 32.1. The van der Waals surface area contributed by atoms with Crippen LogP contribution in [0.1, 0.15) is 68.9 Å². The maximum Gasteiger partial charge on any atom is 0.338 e. The molecule has 0 atom stereocenters. The average Bonchev–Trinajstić information content (AvgIpc) is 2.95. The molecule has 220 valence electrons. The van der Waals surface area contributed by atoms with E-state index >= 15 is 0 Å². The number of esters is 1. The minimum Gasteiger partial charge on any atom is -0.494 e. The van der Waals surface area contributed by atoms with E-state index in [4.69, 9.17) is 28.4 Å². The first-order valence-corrected chi connectivity index (χ1v) is 12.9. The lowest BCUT2D eigenvalue weighted by Crippen LogP contribution is -2.25. The summed E-state index contributed by atoms with van der Waals surface area (Å²) in [5.74, 6) is 10.8. The molecule has 9 heteroatoms. The molecule has 0 N–H and O–H groups in total. The number of rotatable bonds is 10. The monoisotopic (exact) mass is 566 g/mol. The van der Waals surface area contributed by atoms with Gasteiger partial charge in [0.05, 0.1) is 44.6 Å². The van der Waals surface area contributed by atoms with Gasteiger partial charge in [0, 0.05) is 25.4 Å². The highest BCUT2D eigenvalue weighted by atomic mass is 16.5. The van der Waals surface area contributed by atoms with Gasteiger partial charge in [0.15, 0.2) is 0 Å². The van der Waals surface area contributed by atoms with Gasteiger partial charge in [-0.2, -0.15) is 0 Å². The summed E-state index contributed by atoms with van der Waals surface area (Å²) in [5, 5.41) is 0. The summed E-state index contributed by atoms with van der Waals surface area (Å²) in [7, 11) is 7.22. The van der Waals surface area contributed by atoms with Crippen LogP contribution in [0.15, 0.2) is 34.8 Å². The van der Waals surface area contributed by atoms with Crippen LogP contribution in [0.5, 0.6) is 5.75 Å². The normalized spacial score (nSPS) is 13.7. The van der Waals surface area contributed by atoms with E-state index in [1.807, 2.05) is 27.7 Å². The van der Waals surface area contributed by atoms with E-state index in [0.717, 1.165) is 0 Å². The lowest BCUT2D eigenvalue weighted by Gasteiger charge is -2.20. The Morgan fingerprint density at radius 2 is 1.27 bits per heavy atom. The molecule has 1 aromatic carbocycles. The lowest BCUT2D eigenvalue weighted by atomic mass is 9.90. The second-order valence-corrected chi connectivity index (χ2v) is 10.1. The summed E-state index contributed by atoms with van der Waals surface area (Å²) >= 11 is 0. The fourth-order valence-electron chi connectivity index (χ4n) is 3.68. The molecule has 9 nitrogen and oxygen atoms in total. The smallest absolute Gasteiger partial charge is 0.338 e. The third kappa shape index (κ3) is 8.23. The van der Waals surface area contributed by atoms with E-state index in [0.29, 0.717) is 28.9 Å². The Morgan fingerprint density at radius 3 is 1.71 bits per heavy atom. The second-order valence-electron chi connectivity index (χ2n) is 10.1. The fourth-order valence-corrected chi connectivity index (χ4v) is 3.68. The SMILES string of the molecule is COC1=C(OC)C(=O)C(CCCOC(=O)c2cc(C#CC(C)(C)OC)c(OC)c(C#CC(C)(C)OC)c2)=C(C)C1=O. The van der Waals surface area contributed by atoms with E-state index in [1.54, 1.807) is 33.3 Å². The predicted octanol–water partition coefficient (Wildman–Crippen LogP) is 4.16. The van der Waals surface area contributed by atoms with Crippen LogP contribution in [0.3, 0.4) is 0 Å². The Bertz CT molecular complexity index is 1330. The third-order valence-electron chi connectivity index (χ3n) is 6.44. The fraction of sp³-hybridized carbons (Fsp3) is 0.469. The van der Waals surface area contributed by atoms with Crippen molar-refractivity contribution in [3.63, 3.8) is 0 Å². The number of carbonyl (C=O) groups is 3. The van der Waals surface area contributed by atoms with E-state index in [9.17, 15) is 14.4 Å². The Hall–Kier alpha value is -4.05. The molecule has 0 bridgehead atoms. The first-order chi connectivity index (χ1) is 19.2. The molecule has 0 spiro atoms. The van der Waals surface area contributed by atoms with Crippen molar-refractivity contribution >= 4 is 17.5 Å². The van der Waals surface area contributed by atoms with E-state index < -0.39 is 28.7 Å². The predicted molar refractivity (Wildman–Crippen MR) is 152 cm³/mol. The lowest BCUT2D eigenvalue weighted by molar-refractivity contribution is -0.121. The summed E-state index contributed by atoms with van der Waals surface area (Å²) in [6.07, 6.45) is 0.512. The van der Waals surface area contributed by atoms with Crippen LogP contribution in [0.4, 0.5) is 0 Å². The maximum absolute atomic E-state index is 13.1. The van der Waals surface area contributed by atoms with Crippen molar-refractivity contribution < 1.29 is 42.8 Å².